The van der Waals surface area contributed by atoms with Gasteiger partial charge >= 0.3 is 0 Å². The highest BCUT2D eigenvalue weighted by Crippen LogP contribution is 2.22. The van der Waals surface area contributed by atoms with Crippen LogP contribution < -0.4 is 5.32 Å². The molecule has 0 saturated carbocycles. The summed E-state index contributed by atoms with van der Waals surface area (Å²) < 4.78 is 0. The van der Waals surface area contributed by atoms with E-state index in [1.807, 2.05) is 0 Å². The zero-order valence-corrected chi connectivity index (χ0v) is 15.0. The lowest BCUT2D eigenvalue weighted by molar-refractivity contribution is 0.0996. The number of nitrogens with zero attached hydrogens (tertiary/aromatic N) is 2. The molecule has 0 aromatic carbocycles. The number of aryl methyl sites for hydroxylation is 1. The normalized spacial score (nSPS) is 24.1. The van der Waals surface area contributed by atoms with Crippen LogP contribution in [0.4, 0.5) is 0 Å². The van der Waals surface area contributed by atoms with Crippen molar-refractivity contribution in [1.82, 2.24) is 15.2 Å². The van der Waals surface area contributed by atoms with Crippen molar-refractivity contribution in [2.24, 2.45) is 11.8 Å². The zero-order chi connectivity index (χ0) is 15.4. The molecule has 21 heavy (non-hydrogen) atoms. The van der Waals surface area contributed by atoms with Gasteiger partial charge in [-0.05, 0) is 31.6 Å². The summed E-state index contributed by atoms with van der Waals surface area (Å²) in [5.41, 5.74) is 1.16. The molecular weight excluding hydrogens is 278 g/mol. The molecule has 0 radical (unpaired) electrons. The fourth-order valence-electron chi connectivity index (χ4n) is 3.27. The fraction of sp³-hybridized carbons (Fsp3) is 0.824. The van der Waals surface area contributed by atoms with Gasteiger partial charge in [-0.25, -0.2) is 4.98 Å². The van der Waals surface area contributed by atoms with Crippen LogP contribution in [0.25, 0.3) is 0 Å². The lowest BCUT2D eigenvalue weighted by Crippen LogP contribution is -2.56. The van der Waals surface area contributed by atoms with Crippen molar-refractivity contribution in [1.29, 1.82) is 0 Å². The van der Waals surface area contributed by atoms with Crippen molar-refractivity contribution in [2.45, 2.75) is 66.1 Å². The van der Waals surface area contributed by atoms with E-state index >= 15 is 0 Å². The SMILES string of the molecule is Cc1csc(CN2CC(CC(C)C)NCC2CC(C)C)n1. The van der Waals surface area contributed by atoms with E-state index in [-0.39, 0.29) is 0 Å². The number of aromatic nitrogens is 1. The Hall–Kier alpha value is -0.450. The molecule has 1 saturated heterocycles. The zero-order valence-electron chi connectivity index (χ0n) is 14.2. The highest BCUT2D eigenvalue weighted by atomic mass is 32.1. The largest absolute Gasteiger partial charge is 0.311 e. The quantitative estimate of drug-likeness (QED) is 0.869. The summed E-state index contributed by atoms with van der Waals surface area (Å²) in [6.07, 6.45) is 2.54. The minimum absolute atomic E-state index is 0.634. The summed E-state index contributed by atoms with van der Waals surface area (Å²) in [6.45, 7) is 14.7. The second-order valence-electron chi connectivity index (χ2n) is 7.33. The Morgan fingerprint density at radius 1 is 1.29 bits per heavy atom. The van der Waals surface area contributed by atoms with Crippen LogP contribution in [-0.2, 0) is 6.54 Å². The lowest BCUT2D eigenvalue weighted by Gasteiger charge is -2.41. The molecule has 1 aromatic rings. The van der Waals surface area contributed by atoms with E-state index in [0.717, 1.165) is 37.2 Å². The van der Waals surface area contributed by atoms with E-state index in [0.29, 0.717) is 12.1 Å². The summed E-state index contributed by atoms with van der Waals surface area (Å²) in [4.78, 5) is 7.33. The topological polar surface area (TPSA) is 28.2 Å². The van der Waals surface area contributed by atoms with E-state index in [1.165, 1.54) is 17.8 Å². The predicted octanol–water partition coefficient (Wildman–Crippen LogP) is 3.69. The molecule has 2 atom stereocenters. The van der Waals surface area contributed by atoms with Gasteiger partial charge in [0.1, 0.15) is 5.01 Å². The van der Waals surface area contributed by atoms with Crippen LogP contribution in [-0.4, -0.2) is 35.1 Å². The monoisotopic (exact) mass is 309 g/mol. The van der Waals surface area contributed by atoms with Crippen LogP contribution in [0.2, 0.25) is 0 Å². The average Bonchev–Trinajstić information content (AvgIpc) is 2.77. The third kappa shape index (κ3) is 5.35. The fourth-order valence-corrected chi connectivity index (χ4v) is 4.07. The second-order valence-corrected chi connectivity index (χ2v) is 8.27. The highest BCUT2D eigenvalue weighted by molar-refractivity contribution is 7.09. The van der Waals surface area contributed by atoms with Gasteiger partial charge in [0, 0.05) is 36.2 Å². The molecule has 1 aromatic heterocycles. The van der Waals surface area contributed by atoms with Crippen molar-refractivity contribution in [3.8, 4) is 0 Å². The molecule has 3 nitrogen and oxygen atoms in total. The van der Waals surface area contributed by atoms with Crippen LogP contribution in [0.3, 0.4) is 0 Å². The Kier molecular flexibility index (Phi) is 6.20. The maximum absolute atomic E-state index is 4.66. The second kappa shape index (κ2) is 7.70. The van der Waals surface area contributed by atoms with Crippen LogP contribution >= 0.6 is 11.3 Å². The smallest absolute Gasteiger partial charge is 0.107 e. The number of hydrogen-bond donors (Lipinski definition) is 1. The summed E-state index contributed by atoms with van der Waals surface area (Å²) in [5.74, 6) is 1.51. The van der Waals surface area contributed by atoms with Crippen molar-refractivity contribution in [3.05, 3.63) is 16.1 Å². The molecule has 1 aliphatic heterocycles. The third-order valence-electron chi connectivity index (χ3n) is 4.12. The molecule has 0 bridgehead atoms. The summed E-state index contributed by atoms with van der Waals surface area (Å²) in [7, 11) is 0. The molecular formula is C17H31N3S. The lowest BCUT2D eigenvalue weighted by atomic mass is 9.95. The van der Waals surface area contributed by atoms with Gasteiger partial charge in [0.05, 0.1) is 6.54 Å². The van der Waals surface area contributed by atoms with Crippen LogP contribution in [0.15, 0.2) is 5.38 Å². The standard InChI is InChI=1S/C17H31N3S/c1-12(2)6-15-9-20(10-17-19-14(5)11-21-17)16(8-18-15)7-13(3)4/h11-13,15-16,18H,6-10H2,1-5H3. The minimum Gasteiger partial charge on any atom is -0.311 e. The van der Waals surface area contributed by atoms with Gasteiger partial charge in [-0.3, -0.25) is 4.90 Å². The van der Waals surface area contributed by atoms with Gasteiger partial charge in [0.15, 0.2) is 0 Å². The molecule has 2 rings (SSSR count). The number of thiazole rings is 1. The van der Waals surface area contributed by atoms with Crippen LogP contribution in [0.1, 0.15) is 51.2 Å². The first-order valence-corrected chi connectivity index (χ1v) is 9.20. The molecule has 0 aliphatic carbocycles. The van der Waals surface area contributed by atoms with E-state index < -0.39 is 0 Å². The molecule has 2 unspecified atom stereocenters. The first-order chi connectivity index (χ1) is 9.94. The number of rotatable bonds is 6. The third-order valence-corrected chi connectivity index (χ3v) is 5.07. The van der Waals surface area contributed by atoms with Gasteiger partial charge in [-0.15, -0.1) is 11.3 Å². The average molecular weight is 310 g/mol. The Labute approximate surface area is 134 Å². The van der Waals surface area contributed by atoms with E-state index in [4.69, 9.17) is 0 Å². The Morgan fingerprint density at radius 3 is 2.57 bits per heavy atom. The van der Waals surface area contributed by atoms with Crippen molar-refractivity contribution >= 4 is 11.3 Å². The molecule has 1 aliphatic rings. The predicted molar refractivity (Wildman–Crippen MR) is 91.7 cm³/mol. The number of nitrogens with one attached hydrogen (secondary N) is 1. The van der Waals surface area contributed by atoms with E-state index in [1.54, 1.807) is 11.3 Å². The molecule has 1 fully saturated rings. The van der Waals surface area contributed by atoms with Crippen molar-refractivity contribution in [2.75, 3.05) is 13.1 Å². The Bertz CT molecular complexity index is 427. The van der Waals surface area contributed by atoms with Gasteiger partial charge in [0.2, 0.25) is 0 Å². The van der Waals surface area contributed by atoms with Crippen LogP contribution in [0, 0.1) is 18.8 Å². The van der Waals surface area contributed by atoms with Gasteiger partial charge < -0.3 is 5.32 Å². The molecule has 2 heterocycles. The first kappa shape index (κ1) is 16.9. The van der Waals surface area contributed by atoms with E-state index in [2.05, 4.69) is 55.2 Å². The minimum atomic E-state index is 0.634. The van der Waals surface area contributed by atoms with E-state index in [9.17, 15) is 0 Å². The summed E-state index contributed by atoms with van der Waals surface area (Å²) in [6, 6.07) is 1.28. The first-order valence-electron chi connectivity index (χ1n) is 8.32. The highest BCUT2D eigenvalue weighted by Gasteiger charge is 2.29. The van der Waals surface area contributed by atoms with Crippen LogP contribution in [0.5, 0.6) is 0 Å². The maximum Gasteiger partial charge on any atom is 0.107 e. The van der Waals surface area contributed by atoms with Gasteiger partial charge in [-0.1, -0.05) is 27.7 Å². The van der Waals surface area contributed by atoms with Crippen molar-refractivity contribution < 1.29 is 0 Å². The molecule has 0 spiro atoms. The molecule has 1 N–H and O–H groups in total. The van der Waals surface area contributed by atoms with Crippen molar-refractivity contribution in [3.63, 3.8) is 0 Å². The molecule has 4 heteroatoms. The Balaban J connectivity index is 2.01. The Morgan fingerprint density at radius 2 is 2.00 bits per heavy atom. The molecule has 0 amide bonds. The summed E-state index contributed by atoms with van der Waals surface area (Å²) >= 11 is 1.81. The summed E-state index contributed by atoms with van der Waals surface area (Å²) in [5, 5.41) is 7.21. The number of piperazine rings is 1. The van der Waals surface area contributed by atoms with Gasteiger partial charge in [0.25, 0.3) is 0 Å². The maximum atomic E-state index is 4.66. The number of hydrogen-bond acceptors (Lipinski definition) is 4. The molecule has 120 valence electrons. The van der Waals surface area contributed by atoms with Gasteiger partial charge in [-0.2, -0.15) is 0 Å².